The van der Waals surface area contributed by atoms with Crippen molar-refractivity contribution in [3.63, 3.8) is 0 Å². The third-order valence-electron chi connectivity index (χ3n) is 4.18. The summed E-state index contributed by atoms with van der Waals surface area (Å²) in [5, 5.41) is 11.8. The Labute approximate surface area is 157 Å². The number of hydrogen-bond donors (Lipinski definition) is 2. The van der Waals surface area contributed by atoms with Gasteiger partial charge in [0.05, 0.1) is 6.42 Å². The molecule has 2 aromatic carbocycles. The van der Waals surface area contributed by atoms with E-state index in [1.807, 2.05) is 24.3 Å². The molecule has 2 N–H and O–H groups in total. The maximum Gasteiger partial charge on any atom is 0.326 e. The monoisotopic (exact) mass is 375 g/mol. The molecule has 144 valence electrons. The number of hydrogen-bond acceptors (Lipinski definition) is 2. The summed E-state index contributed by atoms with van der Waals surface area (Å²) in [6.07, 6.45) is -0.190. The molecule has 0 saturated heterocycles. The molecule has 0 spiro atoms. The zero-order valence-corrected chi connectivity index (χ0v) is 15.6. The van der Waals surface area contributed by atoms with E-state index in [0.29, 0.717) is 6.07 Å². The molecule has 1 atom stereocenters. The largest absolute Gasteiger partial charge is 0.480 e. The summed E-state index contributed by atoms with van der Waals surface area (Å²) in [5.74, 6) is -3.36. The molecule has 0 aliphatic heterocycles. The molecule has 2 rings (SSSR count). The Bertz CT molecular complexity index is 806. The second-order valence-electron chi connectivity index (χ2n) is 7.56. The van der Waals surface area contributed by atoms with Crippen LogP contribution in [0.1, 0.15) is 37.5 Å². The van der Waals surface area contributed by atoms with Gasteiger partial charge < -0.3 is 10.4 Å². The van der Waals surface area contributed by atoms with Crippen molar-refractivity contribution in [2.75, 3.05) is 0 Å². The van der Waals surface area contributed by atoms with Crippen LogP contribution in [-0.2, 0) is 27.8 Å². The van der Waals surface area contributed by atoms with Crippen molar-refractivity contribution in [3.05, 3.63) is 70.8 Å². The van der Waals surface area contributed by atoms with E-state index in [1.165, 1.54) is 0 Å². The van der Waals surface area contributed by atoms with Crippen molar-refractivity contribution < 1.29 is 23.5 Å². The Balaban J connectivity index is 2.04. The number of carboxylic acids is 1. The second kappa shape index (κ2) is 8.29. The van der Waals surface area contributed by atoms with Crippen molar-refractivity contribution in [3.8, 4) is 0 Å². The van der Waals surface area contributed by atoms with Crippen LogP contribution in [0, 0.1) is 11.6 Å². The molecule has 1 amide bonds. The van der Waals surface area contributed by atoms with E-state index in [1.54, 1.807) is 0 Å². The predicted octanol–water partition coefficient (Wildman–Crippen LogP) is 3.62. The first-order valence-electron chi connectivity index (χ1n) is 8.61. The van der Waals surface area contributed by atoms with Crippen molar-refractivity contribution in [1.29, 1.82) is 0 Å². The highest BCUT2D eigenvalue weighted by molar-refractivity contribution is 5.85. The lowest BCUT2D eigenvalue weighted by atomic mass is 9.86. The van der Waals surface area contributed by atoms with Gasteiger partial charge in [0.15, 0.2) is 0 Å². The van der Waals surface area contributed by atoms with Crippen LogP contribution < -0.4 is 5.32 Å². The standard InChI is InChI=1S/C21H23F2NO3/c1-21(2,3)15-6-4-13(5-7-15)10-18(20(26)27)24-19(25)11-14-8-16(22)12-17(23)9-14/h4-9,12,18H,10-11H2,1-3H3,(H,24,25)(H,26,27)/t18-/m0/s1. The summed E-state index contributed by atoms with van der Waals surface area (Å²) in [5.41, 5.74) is 2.02. The zero-order valence-electron chi connectivity index (χ0n) is 15.6. The second-order valence-corrected chi connectivity index (χ2v) is 7.56. The average molecular weight is 375 g/mol. The summed E-state index contributed by atoms with van der Waals surface area (Å²) >= 11 is 0. The van der Waals surface area contributed by atoms with Crippen LogP contribution in [0.2, 0.25) is 0 Å². The molecular formula is C21H23F2NO3. The number of nitrogens with one attached hydrogen (secondary N) is 1. The lowest BCUT2D eigenvalue weighted by Crippen LogP contribution is -2.43. The van der Waals surface area contributed by atoms with E-state index in [4.69, 9.17) is 0 Å². The zero-order chi connectivity index (χ0) is 20.2. The maximum atomic E-state index is 13.2. The maximum absolute atomic E-state index is 13.2. The molecule has 0 saturated carbocycles. The van der Waals surface area contributed by atoms with E-state index in [-0.39, 0.29) is 23.8 Å². The molecular weight excluding hydrogens is 352 g/mol. The molecule has 0 unspecified atom stereocenters. The van der Waals surface area contributed by atoms with Gasteiger partial charge in [-0.3, -0.25) is 4.79 Å². The lowest BCUT2D eigenvalue weighted by Gasteiger charge is -2.20. The van der Waals surface area contributed by atoms with Gasteiger partial charge in [-0.05, 0) is 34.2 Å². The molecule has 0 bridgehead atoms. The van der Waals surface area contributed by atoms with Gasteiger partial charge in [-0.1, -0.05) is 45.0 Å². The van der Waals surface area contributed by atoms with Crippen LogP contribution in [0.25, 0.3) is 0 Å². The quantitative estimate of drug-likeness (QED) is 0.810. The summed E-state index contributed by atoms with van der Waals surface area (Å²) in [4.78, 5) is 23.6. The SMILES string of the molecule is CC(C)(C)c1ccc(C[C@H](NC(=O)Cc2cc(F)cc(F)c2)C(=O)O)cc1. The topological polar surface area (TPSA) is 66.4 Å². The van der Waals surface area contributed by atoms with Gasteiger partial charge >= 0.3 is 5.97 Å². The molecule has 0 heterocycles. The minimum absolute atomic E-state index is 0.0147. The first-order chi connectivity index (χ1) is 12.5. The number of carboxylic acid groups (broad SMARTS) is 1. The van der Waals surface area contributed by atoms with Crippen LogP contribution in [-0.4, -0.2) is 23.0 Å². The summed E-state index contributed by atoms with van der Waals surface area (Å²) < 4.78 is 26.4. The van der Waals surface area contributed by atoms with E-state index in [0.717, 1.165) is 23.3 Å². The van der Waals surface area contributed by atoms with Gasteiger partial charge in [0, 0.05) is 12.5 Å². The molecule has 4 nitrogen and oxygen atoms in total. The van der Waals surface area contributed by atoms with Crippen LogP contribution >= 0.6 is 0 Å². The van der Waals surface area contributed by atoms with Gasteiger partial charge in [0.2, 0.25) is 5.91 Å². The van der Waals surface area contributed by atoms with Crippen molar-refractivity contribution in [2.45, 2.75) is 45.1 Å². The molecule has 0 aliphatic carbocycles. The van der Waals surface area contributed by atoms with Crippen LogP contribution in [0.15, 0.2) is 42.5 Å². The van der Waals surface area contributed by atoms with E-state index >= 15 is 0 Å². The number of halogens is 2. The first kappa shape index (κ1) is 20.6. The predicted molar refractivity (Wildman–Crippen MR) is 98.5 cm³/mol. The number of carbonyl (C=O) groups excluding carboxylic acids is 1. The van der Waals surface area contributed by atoms with Gasteiger partial charge in [-0.2, -0.15) is 0 Å². The fraction of sp³-hybridized carbons (Fsp3) is 0.333. The van der Waals surface area contributed by atoms with Crippen molar-refractivity contribution in [2.24, 2.45) is 0 Å². The molecule has 6 heteroatoms. The van der Waals surface area contributed by atoms with Crippen LogP contribution in [0.3, 0.4) is 0 Å². The van der Waals surface area contributed by atoms with Crippen molar-refractivity contribution in [1.82, 2.24) is 5.32 Å². The highest BCUT2D eigenvalue weighted by atomic mass is 19.1. The number of benzene rings is 2. The Morgan fingerprint density at radius 3 is 2.04 bits per heavy atom. The Kier molecular flexibility index (Phi) is 6.31. The minimum Gasteiger partial charge on any atom is -0.480 e. The number of aliphatic carboxylic acids is 1. The molecule has 2 aromatic rings. The highest BCUT2D eigenvalue weighted by Gasteiger charge is 2.21. The van der Waals surface area contributed by atoms with Crippen LogP contribution in [0.4, 0.5) is 8.78 Å². The normalized spacial score (nSPS) is 12.5. The highest BCUT2D eigenvalue weighted by Crippen LogP contribution is 2.22. The molecule has 0 aromatic heterocycles. The number of amides is 1. The number of rotatable bonds is 6. The molecule has 27 heavy (non-hydrogen) atoms. The van der Waals surface area contributed by atoms with Gasteiger partial charge in [-0.25, -0.2) is 13.6 Å². The third kappa shape index (κ3) is 6.16. The first-order valence-corrected chi connectivity index (χ1v) is 8.61. The number of carbonyl (C=O) groups is 2. The smallest absolute Gasteiger partial charge is 0.326 e. The molecule has 0 aliphatic rings. The van der Waals surface area contributed by atoms with Gasteiger partial charge in [0.1, 0.15) is 17.7 Å². The van der Waals surface area contributed by atoms with Gasteiger partial charge in [-0.15, -0.1) is 0 Å². The van der Waals surface area contributed by atoms with Crippen LogP contribution in [0.5, 0.6) is 0 Å². The molecule has 0 radical (unpaired) electrons. The van der Waals surface area contributed by atoms with E-state index in [9.17, 15) is 23.5 Å². The third-order valence-corrected chi connectivity index (χ3v) is 4.18. The summed E-state index contributed by atoms with van der Waals surface area (Å²) in [7, 11) is 0. The lowest BCUT2D eigenvalue weighted by molar-refractivity contribution is -0.141. The van der Waals surface area contributed by atoms with Crippen molar-refractivity contribution >= 4 is 11.9 Å². The van der Waals surface area contributed by atoms with E-state index < -0.39 is 29.6 Å². The Morgan fingerprint density at radius 2 is 1.56 bits per heavy atom. The minimum atomic E-state index is -1.17. The van der Waals surface area contributed by atoms with E-state index in [2.05, 4.69) is 26.1 Å². The summed E-state index contributed by atoms with van der Waals surface area (Å²) in [6, 6.07) is 9.22. The molecule has 0 fully saturated rings. The fourth-order valence-electron chi connectivity index (χ4n) is 2.72. The van der Waals surface area contributed by atoms with Gasteiger partial charge in [0.25, 0.3) is 0 Å². The Morgan fingerprint density at radius 1 is 1.00 bits per heavy atom. The average Bonchev–Trinajstić information content (AvgIpc) is 2.52. The fourth-order valence-corrected chi connectivity index (χ4v) is 2.72. The summed E-state index contributed by atoms with van der Waals surface area (Å²) in [6.45, 7) is 6.24. The Hall–Kier alpha value is -2.76.